The molecule has 0 atom stereocenters. The quantitative estimate of drug-likeness (QED) is 0.508. The summed E-state index contributed by atoms with van der Waals surface area (Å²) in [6.45, 7) is 0. The van der Waals surface area contributed by atoms with Crippen LogP contribution in [0.1, 0.15) is 11.1 Å². The molecule has 1 heteroatoms. The first-order valence-corrected chi connectivity index (χ1v) is 5.27. The predicted molar refractivity (Wildman–Crippen MR) is 67.0 cm³/mol. The van der Waals surface area contributed by atoms with Crippen molar-refractivity contribution >= 4 is 22.8 Å². The molecule has 0 unspecified atom stereocenters. The fourth-order valence-electron chi connectivity index (χ4n) is 2.13. The lowest BCUT2D eigenvalue weighted by Crippen LogP contribution is -1.79. The van der Waals surface area contributed by atoms with E-state index >= 15 is 0 Å². The molecule has 15 heavy (non-hydrogen) atoms. The van der Waals surface area contributed by atoms with E-state index in [9.17, 15) is 0 Å². The van der Waals surface area contributed by atoms with E-state index in [0.29, 0.717) is 0 Å². The maximum atomic E-state index is 4.98. The summed E-state index contributed by atoms with van der Waals surface area (Å²) >= 11 is 4.98. The van der Waals surface area contributed by atoms with Crippen LogP contribution in [0.5, 0.6) is 0 Å². The van der Waals surface area contributed by atoms with Crippen molar-refractivity contribution in [3.8, 4) is 11.1 Å². The highest BCUT2D eigenvalue weighted by atomic mass is 32.1. The summed E-state index contributed by atoms with van der Waals surface area (Å²) < 4.78 is 0. The topological polar surface area (TPSA) is 0 Å². The number of hydrogen-bond acceptors (Lipinski definition) is 1. The SMILES string of the molecule is S=C=C1c2ccccc2-c2ccccc21. The first-order valence-electron chi connectivity index (χ1n) is 4.86. The molecule has 0 bridgehead atoms. The maximum Gasteiger partial charge on any atom is 0.0437 e. The van der Waals surface area contributed by atoms with Gasteiger partial charge in [0.25, 0.3) is 0 Å². The molecule has 1 aliphatic rings. The Morgan fingerprint density at radius 3 is 1.47 bits per heavy atom. The molecule has 70 valence electrons. The average molecular weight is 208 g/mol. The molecular formula is C14H8S. The van der Waals surface area contributed by atoms with Crippen molar-refractivity contribution in [1.82, 2.24) is 0 Å². The van der Waals surface area contributed by atoms with Crippen molar-refractivity contribution in [2.45, 2.75) is 0 Å². The van der Waals surface area contributed by atoms with Gasteiger partial charge in [-0.2, -0.15) is 0 Å². The monoisotopic (exact) mass is 208 g/mol. The highest BCUT2D eigenvalue weighted by Crippen LogP contribution is 2.42. The lowest BCUT2D eigenvalue weighted by molar-refractivity contribution is 1.65. The largest absolute Gasteiger partial charge is 0.0616 e. The van der Waals surface area contributed by atoms with Crippen molar-refractivity contribution in [1.29, 1.82) is 0 Å². The highest BCUT2D eigenvalue weighted by molar-refractivity contribution is 7.78. The maximum absolute atomic E-state index is 4.98. The number of thiocarbonyl (C=S) groups is 1. The van der Waals surface area contributed by atoms with Crippen LogP contribution in [0.15, 0.2) is 48.5 Å². The second kappa shape index (κ2) is 3.16. The van der Waals surface area contributed by atoms with Crippen molar-refractivity contribution in [2.75, 3.05) is 0 Å². The smallest absolute Gasteiger partial charge is 0.0437 e. The van der Waals surface area contributed by atoms with Gasteiger partial charge in [-0.1, -0.05) is 48.5 Å². The second-order valence-corrected chi connectivity index (χ2v) is 3.77. The number of fused-ring (bicyclic) bond motifs is 3. The second-order valence-electron chi connectivity index (χ2n) is 3.57. The standard InChI is InChI=1S/C14H8S/c15-9-14-12-7-3-1-5-10(12)11-6-2-4-8-13(11)14/h1-8H. The van der Waals surface area contributed by atoms with Crippen LogP contribution in [0.25, 0.3) is 16.7 Å². The van der Waals surface area contributed by atoms with Crippen LogP contribution in [-0.2, 0) is 0 Å². The van der Waals surface area contributed by atoms with Gasteiger partial charge < -0.3 is 0 Å². The van der Waals surface area contributed by atoms with Gasteiger partial charge in [-0.3, -0.25) is 0 Å². The van der Waals surface area contributed by atoms with Gasteiger partial charge in [-0.25, -0.2) is 0 Å². The number of hydrogen-bond donors (Lipinski definition) is 0. The van der Waals surface area contributed by atoms with Gasteiger partial charge in [0, 0.05) is 5.57 Å². The lowest BCUT2D eigenvalue weighted by atomic mass is 10.1. The van der Waals surface area contributed by atoms with Gasteiger partial charge in [0.1, 0.15) is 0 Å². The van der Waals surface area contributed by atoms with Crippen molar-refractivity contribution in [3.63, 3.8) is 0 Å². The van der Waals surface area contributed by atoms with Crippen LogP contribution in [0.3, 0.4) is 0 Å². The number of benzene rings is 2. The highest BCUT2D eigenvalue weighted by Gasteiger charge is 2.21. The Morgan fingerprint density at radius 2 is 1.07 bits per heavy atom. The molecule has 0 heterocycles. The molecule has 0 fully saturated rings. The van der Waals surface area contributed by atoms with Gasteiger partial charge in [0.05, 0.1) is 0 Å². The Bertz CT molecular complexity index is 542. The fraction of sp³-hybridized carbons (Fsp3) is 0. The molecular weight excluding hydrogens is 200 g/mol. The summed E-state index contributed by atoms with van der Waals surface area (Å²) in [6.07, 6.45) is 0. The Balaban J connectivity index is 2.47. The Kier molecular flexibility index (Phi) is 1.81. The average Bonchev–Trinajstić information content (AvgIpc) is 2.63. The van der Waals surface area contributed by atoms with Gasteiger partial charge in [0.15, 0.2) is 0 Å². The zero-order valence-electron chi connectivity index (χ0n) is 8.03. The minimum absolute atomic E-state index is 1.05. The van der Waals surface area contributed by atoms with Gasteiger partial charge in [0.2, 0.25) is 0 Å². The molecule has 0 radical (unpaired) electrons. The summed E-state index contributed by atoms with van der Waals surface area (Å²) in [7, 11) is 0. The summed E-state index contributed by atoms with van der Waals surface area (Å²) in [5.74, 6) is 0. The van der Waals surface area contributed by atoms with Crippen LogP contribution in [0, 0.1) is 0 Å². The number of rotatable bonds is 0. The molecule has 0 aromatic heterocycles. The van der Waals surface area contributed by atoms with E-state index in [4.69, 9.17) is 12.2 Å². The Morgan fingerprint density at radius 1 is 0.667 bits per heavy atom. The van der Waals surface area contributed by atoms with Crippen molar-refractivity contribution < 1.29 is 0 Å². The van der Waals surface area contributed by atoms with E-state index in [-0.39, 0.29) is 0 Å². The van der Waals surface area contributed by atoms with Gasteiger partial charge in [-0.15, -0.1) is 0 Å². The molecule has 0 saturated heterocycles. The van der Waals surface area contributed by atoms with Crippen molar-refractivity contribution in [2.24, 2.45) is 0 Å². The zero-order chi connectivity index (χ0) is 10.3. The molecule has 0 spiro atoms. The molecule has 0 saturated carbocycles. The van der Waals surface area contributed by atoms with Gasteiger partial charge in [-0.05, 0) is 39.5 Å². The van der Waals surface area contributed by atoms with Crippen LogP contribution < -0.4 is 0 Å². The summed E-state index contributed by atoms with van der Waals surface area (Å²) in [5.41, 5.74) is 5.99. The van der Waals surface area contributed by atoms with Crippen molar-refractivity contribution in [3.05, 3.63) is 59.7 Å². The molecule has 0 amide bonds. The van der Waals surface area contributed by atoms with Crippen LogP contribution >= 0.6 is 12.2 Å². The minimum atomic E-state index is 1.05. The third-order valence-corrected chi connectivity index (χ3v) is 2.99. The summed E-state index contributed by atoms with van der Waals surface area (Å²) in [6, 6.07) is 16.7. The van der Waals surface area contributed by atoms with E-state index in [1.807, 2.05) is 12.1 Å². The van der Waals surface area contributed by atoms with E-state index in [1.54, 1.807) is 0 Å². The zero-order valence-corrected chi connectivity index (χ0v) is 8.84. The first-order chi connectivity index (χ1) is 7.42. The molecule has 1 aliphatic carbocycles. The van der Waals surface area contributed by atoms with Gasteiger partial charge >= 0.3 is 0 Å². The first kappa shape index (κ1) is 8.60. The normalized spacial score (nSPS) is 11.9. The molecule has 0 nitrogen and oxygen atoms in total. The Labute approximate surface area is 93.9 Å². The van der Waals surface area contributed by atoms with E-state index in [2.05, 4.69) is 41.4 Å². The van der Waals surface area contributed by atoms with Crippen LogP contribution in [0.4, 0.5) is 0 Å². The fourth-order valence-corrected chi connectivity index (χ4v) is 2.35. The molecule has 3 rings (SSSR count). The lowest BCUT2D eigenvalue weighted by Gasteiger charge is -1.97. The van der Waals surface area contributed by atoms with E-state index in [0.717, 1.165) is 5.57 Å². The molecule has 2 aromatic rings. The minimum Gasteiger partial charge on any atom is -0.0616 e. The van der Waals surface area contributed by atoms with E-state index in [1.165, 1.54) is 22.3 Å². The summed E-state index contributed by atoms with van der Waals surface area (Å²) in [5, 5.41) is 2.88. The van der Waals surface area contributed by atoms with E-state index < -0.39 is 0 Å². The predicted octanol–water partition coefficient (Wildman–Crippen LogP) is 3.70. The summed E-state index contributed by atoms with van der Waals surface area (Å²) in [4.78, 5) is 0. The molecule has 0 aliphatic heterocycles. The Hall–Kier alpha value is -1.69. The third kappa shape index (κ3) is 1.11. The van der Waals surface area contributed by atoms with Crippen LogP contribution in [0.2, 0.25) is 0 Å². The van der Waals surface area contributed by atoms with Crippen LogP contribution in [-0.4, -0.2) is 5.02 Å². The molecule has 2 aromatic carbocycles. The third-order valence-electron chi connectivity index (χ3n) is 2.79. The molecule has 0 N–H and O–H groups in total.